The summed E-state index contributed by atoms with van der Waals surface area (Å²) >= 11 is 0. The molecule has 1 aromatic rings. The first-order valence-corrected chi connectivity index (χ1v) is 7.09. The number of nitriles is 1. The van der Waals surface area contributed by atoms with E-state index in [0.29, 0.717) is 17.9 Å². The molecule has 2 aliphatic heterocycles. The van der Waals surface area contributed by atoms with E-state index in [4.69, 9.17) is 0 Å². The van der Waals surface area contributed by atoms with Gasteiger partial charge in [0.05, 0.1) is 5.56 Å². The lowest BCUT2D eigenvalue weighted by Crippen LogP contribution is -2.36. The molecule has 3 unspecified atom stereocenters. The highest BCUT2D eigenvalue weighted by molar-refractivity contribution is 5.58. The Hall–Kier alpha value is -1.60. The van der Waals surface area contributed by atoms with E-state index in [2.05, 4.69) is 28.2 Å². The minimum atomic E-state index is 0.515. The van der Waals surface area contributed by atoms with E-state index in [1.165, 1.54) is 0 Å². The van der Waals surface area contributed by atoms with Gasteiger partial charge in [0.15, 0.2) is 0 Å². The minimum Gasteiger partial charge on any atom is -0.352 e. The average Bonchev–Trinajstić information content (AvgIpc) is 2.98. The molecule has 0 aromatic carbocycles. The molecule has 3 atom stereocenters. The van der Waals surface area contributed by atoms with Crippen LogP contribution in [0.25, 0.3) is 0 Å². The minimum absolute atomic E-state index is 0.515. The molecule has 4 nitrogen and oxygen atoms in total. The Morgan fingerprint density at radius 3 is 3.11 bits per heavy atom. The first kappa shape index (κ1) is 12.4. The quantitative estimate of drug-likeness (QED) is 0.875. The molecule has 3 heterocycles. The highest BCUT2D eigenvalue weighted by Gasteiger charge is 2.44. The van der Waals surface area contributed by atoms with E-state index in [-0.39, 0.29) is 0 Å². The molecular weight excluding hydrogens is 236 g/mol. The molecule has 0 bridgehead atoms. The third-order valence-electron chi connectivity index (χ3n) is 4.66. The lowest BCUT2D eigenvalue weighted by molar-refractivity contribution is 0.441. The smallest absolute Gasteiger partial charge is 0.147 e. The number of anilines is 1. The molecule has 100 valence electrons. The second kappa shape index (κ2) is 4.82. The first-order valence-electron chi connectivity index (χ1n) is 7.09. The standard InChI is InChI=1S/C15H20N4/c1-3-14-13-8-17-7-11(13)9-19(14)15-12(6-16)10(2)4-5-18-15/h4-5,11,13-14,17H,3,7-9H2,1-2H3. The Bertz CT molecular complexity index is 519. The zero-order valence-electron chi connectivity index (χ0n) is 11.6. The van der Waals surface area contributed by atoms with Crippen LogP contribution in [0.2, 0.25) is 0 Å². The van der Waals surface area contributed by atoms with Crippen LogP contribution in [-0.4, -0.2) is 30.7 Å². The fraction of sp³-hybridized carbons (Fsp3) is 0.600. The van der Waals surface area contributed by atoms with Crippen molar-refractivity contribution >= 4 is 5.82 Å². The summed E-state index contributed by atoms with van der Waals surface area (Å²) < 4.78 is 0. The van der Waals surface area contributed by atoms with Gasteiger partial charge in [0, 0.05) is 31.9 Å². The van der Waals surface area contributed by atoms with E-state index in [0.717, 1.165) is 43.0 Å². The largest absolute Gasteiger partial charge is 0.352 e. The summed E-state index contributed by atoms with van der Waals surface area (Å²) in [6, 6.07) is 4.76. The Morgan fingerprint density at radius 1 is 1.53 bits per heavy atom. The molecule has 3 rings (SSSR count). The summed E-state index contributed by atoms with van der Waals surface area (Å²) in [5.41, 5.74) is 1.77. The number of pyridine rings is 1. The van der Waals surface area contributed by atoms with Gasteiger partial charge in [-0.15, -0.1) is 0 Å². The van der Waals surface area contributed by atoms with Crippen LogP contribution in [0.1, 0.15) is 24.5 Å². The van der Waals surface area contributed by atoms with Crippen molar-refractivity contribution in [2.45, 2.75) is 26.3 Å². The van der Waals surface area contributed by atoms with Gasteiger partial charge in [-0.3, -0.25) is 0 Å². The molecule has 19 heavy (non-hydrogen) atoms. The van der Waals surface area contributed by atoms with Gasteiger partial charge >= 0.3 is 0 Å². The molecule has 0 radical (unpaired) electrons. The number of aryl methyl sites for hydroxylation is 1. The van der Waals surface area contributed by atoms with Gasteiger partial charge in [0.25, 0.3) is 0 Å². The van der Waals surface area contributed by atoms with Crippen molar-refractivity contribution in [2.24, 2.45) is 11.8 Å². The summed E-state index contributed by atoms with van der Waals surface area (Å²) in [5, 5.41) is 12.9. The molecule has 0 aliphatic carbocycles. The predicted molar refractivity (Wildman–Crippen MR) is 75.0 cm³/mol. The Balaban J connectivity index is 1.99. The third kappa shape index (κ3) is 1.89. The second-order valence-corrected chi connectivity index (χ2v) is 5.65. The van der Waals surface area contributed by atoms with Crippen LogP contribution < -0.4 is 10.2 Å². The van der Waals surface area contributed by atoms with E-state index < -0.39 is 0 Å². The summed E-state index contributed by atoms with van der Waals surface area (Å²) in [6.07, 6.45) is 2.94. The highest BCUT2D eigenvalue weighted by Crippen LogP contribution is 2.38. The molecule has 0 saturated carbocycles. The maximum absolute atomic E-state index is 9.39. The highest BCUT2D eigenvalue weighted by atomic mass is 15.3. The molecule has 2 aliphatic rings. The third-order valence-corrected chi connectivity index (χ3v) is 4.66. The van der Waals surface area contributed by atoms with Crippen molar-refractivity contribution in [3.63, 3.8) is 0 Å². The molecule has 2 saturated heterocycles. The molecule has 1 N–H and O–H groups in total. The molecule has 2 fully saturated rings. The van der Waals surface area contributed by atoms with Crippen LogP contribution in [0.5, 0.6) is 0 Å². The summed E-state index contributed by atoms with van der Waals surface area (Å²) in [5.74, 6) is 2.31. The Kier molecular flexibility index (Phi) is 3.16. The number of hydrogen-bond donors (Lipinski definition) is 1. The van der Waals surface area contributed by atoms with E-state index in [1.54, 1.807) is 0 Å². The predicted octanol–water partition coefficient (Wildman–Crippen LogP) is 1.70. The van der Waals surface area contributed by atoms with Crippen LogP contribution in [0.15, 0.2) is 12.3 Å². The molecular formula is C15H20N4. The van der Waals surface area contributed by atoms with Crippen molar-refractivity contribution in [2.75, 3.05) is 24.5 Å². The van der Waals surface area contributed by atoms with Crippen LogP contribution in [-0.2, 0) is 0 Å². The number of nitrogens with one attached hydrogen (secondary N) is 1. The average molecular weight is 256 g/mol. The van der Waals surface area contributed by atoms with E-state index in [1.807, 2.05) is 19.2 Å². The fourth-order valence-corrected chi connectivity index (χ4v) is 3.69. The second-order valence-electron chi connectivity index (χ2n) is 5.65. The number of rotatable bonds is 2. The van der Waals surface area contributed by atoms with Gasteiger partial charge in [-0.25, -0.2) is 4.98 Å². The summed E-state index contributed by atoms with van der Waals surface area (Å²) in [6.45, 7) is 7.46. The van der Waals surface area contributed by atoms with Crippen molar-refractivity contribution < 1.29 is 0 Å². The number of aromatic nitrogens is 1. The van der Waals surface area contributed by atoms with Crippen molar-refractivity contribution in [1.82, 2.24) is 10.3 Å². The van der Waals surface area contributed by atoms with Crippen LogP contribution in [0.4, 0.5) is 5.82 Å². The maximum Gasteiger partial charge on any atom is 0.147 e. The lowest BCUT2D eigenvalue weighted by Gasteiger charge is -2.28. The molecule has 4 heteroatoms. The number of nitrogens with zero attached hydrogens (tertiary/aromatic N) is 3. The van der Waals surface area contributed by atoms with E-state index in [9.17, 15) is 5.26 Å². The lowest BCUT2D eigenvalue weighted by atomic mass is 9.93. The van der Waals surface area contributed by atoms with Crippen LogP contribution in [0, 0.1) is 30.1 Å². The number of fused-ring (bicyclic) bond motifs is 1. The van der Waals surface area contributed by atoms with Gasteiger partial charge < -0.3 is 10.2 Å². The topological polar surface area (TPSA) is 52.0 Å². The maximum atomic E-state index is 9.39. The summed E-state index contributed by atoms with van der Waals surface area (Å²) in [7, 11) is 0. The van der Waals surface area contributed by atoms with Crippen molar-refractivity contribution in [3.05, 3.63) is 23.4 Å². The normalized spacial score (nSPS) is 29.3. The molecule has 0 spiro atoms. The van der Waals surface area contributed by atoms with Gasteiger partial charge in [0.2, 0.25) is 0 Å². The summed E-state index contributed by atoms with van der Waals surface area (Å²) in [4.78, 5) is 6.88. The zero-order chi connectivity index (χ0) is 13.4. The molecule has 0 amide bonds. The molecule has 1 aromatic heterocycles. The van der Waals surface area contributed by atoms with Gasteiger partial charge in [-0.05, 0) is 36.8 Å². The van der Waals surface area contributed by atoms with Gasteiger partial charge in [-0.2, -0.15) is 5.26 Å². The Labute approximate surface area is 114 Å². The monoisotopic (exact) mass is 256 g/mol. The van der Waals surface area contributed by atoms with Crippen molar-refractivity contribution in [3.8, 4) is 6.07 Å². The zero-order valence-corrected chi connectivity index (χ0v) is 11.6. The number of hydrogen-bond acceptors (Lipinski definition) is 4. The van der Waals surface area contributed by atoms with Crippen LogP contribution in [0.3, 0.4) is 0 Å². The Morgan fingerprint density at radius 2 is 2.37 bits per heavy atom. The fourth-order valence-electron chi connectivity index (χ4n) is 3.69. The van der Waals surface area contributed by atoms with Gasteiger partial charge in [0.1, 0.15) is 11.9 Å². The first-order chi connectivity index (χ1) is 9.26. The van der Waals surface area contributed by atoms with Crippen molar-refractivity contribution in [1.29, 1.82) is 5.26 Å². The van der Waals surface area contributed by atoms with Crippen LogP contribution >= 0.6 is 0 Å². The van der Waals surface area contributed by atoms with E-state index >= 15 is 0 Å². The van der Waals surface area contributed by atoms with Gasteiger partial charge in [-0.1, -0.05) is 6.92 Å². The SMILES string of the molecule is CCC1C2CNCC2CN1c1nccc(C)c1C#N.